The molecule has 1 fully saturated rings. The molecule has 1 saturated carbocycles. The fourth-order valence-corrected chi connectivity index (χ4v) is 4.81. The molecule has 192 valence electrons. The number of amides is 2. The number of rotatable bonds is 8. The Morgan fingerprint density at radius 2 is 1.94 bits per heavy atom. The maximum Gasteiger partial charge on any atom is 0.326 e. The number of aliphatic hydroxyl groups excluding tert-OH is 2. The summed E-state index contributed by atoms with van der Waals surface area (Å²) in [6.45, 7) is 1.38. The van der Waals surface area contributed by atoms with Crippen molar-refractivity contribution in [3.8, 4) is 5.75 Å². The Kier molecular flexibility index (Phi) is 7.76. The molecule has 1 unspecified atom stereocenters. The van der Waals surface area contributed by atoms with Crippen LogP contribution in [0.5, 0.6) is 5.75 Å². The number of aromatic nitrogens is 2. The van der Waals surface area contributed by atoms with Crippen LogP contribution >= 0.6 is 0 Å². The van der Waals surface area contributed by atoms with Gasteiger partial charge in [0, 0.05) is 30.3 Å². The molecule has 5 N–H and O–H groups in total. The molecule has 0 radical (unpaired) electrons. The lowest BCUT2D eigenvalue weighted by molar-refractivity contribution is -0.121. The van der Waals surface area contributed by atoms with Crippen molar-refractivity contribution in [3.63, 3.8) is 0 Å². The summed E-state index contributed by atoms with van der Waals surface area (Å²) >= 11 is 0. The van der Waals surface area contributed by atoms with Crippen molar-refractivity contribution < 1.29 is 24.5 Å². The first kappa shape index (κ1) is 25.5. The first-order valence-electron chi connectivity index (χ1n) is 12.1. The third kappa shape index (κ3) is 5.29. The molecule has 1 atom stereocenters. The quantitative estimate of drug-likeness (QED) is 0.323. The predicted octanol–water partition coefficient (Wildman–Crippen LogP) is 2.10. The van der Waals surface area contributed by atoms with Gasteiger partial charge in [-0.3, -0.25) is 14.2 Å². The van der Waals surface area contributed by atoms with Crippen LogP contribution in [0.4, 0.5) is 5.69 Å². The molecule has 10 nitrogen and oxygen atoms in total. The highest BCUT2D eigenvalue weighted by molar-refractivity contribution is 6.05. The smallest absolute Gasteiger partial charge is 0.326 e. The van der Waals surface area contributed by atoms with Crippen LogP contribution in [0, 0.1) is 12.8 Å². The first-order chi connectivity index (χ1) is 17.3. The van der Waals surface area contributed by atoms with E-state index in [-0.39, 0.29) is 35.7 Å². The van der Waals surface area contributed by atoms with Crippen LogP contribution in [-0.4, -0.2) is 57.9 Å². The van der Waals surface area contributed by atoms with Gasteiger partial charge >= 0.3 is 5.69 Å². The van der Waals surface area contributed by atoms with Crippen LogP contribution in [0.15, 0.2) is 41.2 Å². The fraction of sp³-hybridized carbons (Fsp3) is 0.423. The van der Waals surface area contributed by atoms with Crippen LogP contribution in [0.25, 0.3) is 11.0 Å². The summed E-state index contributed by atoms with van der Waals surface area (Å²) in [5, 5.41) is 24.0. The minimum absolute atomic E-state index is 0.0466. The maximum absolute atomic E-state index is 12.9. The number of para-hydroxylation sites is 1. The Bertz CT molecular complexity index is 1310. The Morgan fingerprint density at radius 3 is 2.64 bits per heavy atom. The lowest BCUT2D eigenvalue weighted by Gasteiger charge is -2.28. The third-order valence-electron chi connectivity index (χ3n) is 6.81. The molecule has 1 aliphatic carbocycles. The molecule has 0 bridgehead atoms. The van der Waals surface area contributed by atoms with Gasteiger partial charge in [-0.1, -0.05) is 12.1 Å². The SMILES string of the molecule is COc1cc(NC(=O)C2CCC(n3c(=O)[nH]c4c(C(=O)NCC(O)CO)cccc43)CC2)ccc1C. The molecule has 0 spiro atoms. The van der Waals surface area contributed by atoms with Gasteiger partial charge in [0.2, 0.25) is 5.91 Å². The zero-order valence-electron chi connectivity index (χ0n) is 20.4. The zero-order valence-corrected chi connectivity index (χ0v) is 20.4. The molecule has 2 amide bonds. The van der Waals surface area contributed by atoms with Crippen LogP contribution in [-0.2, 0) is 4.79 Å². The van der Waals surface area contributed by atoms with E-state index in [1.807, 2.05) is 25.1 Å². The summed E-state index contributed by atoms with van der Waals surface area (Å²) in [5.41, 5.74) is 2.70. The molecular formula is C26H32N4O6. The number of hydrogen-bond acceptors (Lipinski definition) is 6. The van der Waals surface area contributed by atoms with Crippen molar-refractivity contribution in [1.29, 1.82) is 0 Å². The van der Waals surface area contributed by atoms with Gasteiger partial charge < -0.3 is 30.6 Å². The number of carbonyl (C=O) groups excluding carboxylic acids is 2. The molecule has 3 aromatic rings. The highest BCUT2D eigenvalue weighted by Crippen LogP contribution is 2.34. The number of nitrogens with one attached hydrogen (secondary N) is 3. The van der Waals surface area contributed by atoms with E-state index in [0.29, 0.717) is 48.2 Å². The molecule has 10 heteroatoms. The van der Waals surface area contributed by atoms with Crippen LogP contribution < -0.4 is 21.1 Å². The molecule has 1 aromatic heterocycles. The lowest BCUT2D eigenvalue weighted by atomic mass is 9.85. The first-order valence-corrected chi connectivity index (χ1v) is 12.1. The summed E-state index contributed by atoms with van der Waals surface area (Å²) in [5.74, 6) is 0.0610. The van der Waals surface area contributed by atoms with Crippen molar-refractivity contribution in [3.05, 3.63) is 58.0 Å². The predicted molar refractivity (Wildman–Crippen MR) is 135 cm³/mol. The van der Waals surface area contributed by atoms with Crippen molar-refractivity contribution in [2.45, 2.75) is 44.8 Å². The van der Waals surface area contributed by atoms with Crippen molar-refractivity contribution in [1.82, 2.24) is 14.9 Å². The molecule has 1 heterocycles. The number of benzene rings is 2. The number of nitrogens with zero attached hydrogens (tertiary/aromatic N) is 1. The van der Waals surface area contributed by atoms with Crippen molar-refractivity contribution >= 4 is 28.5 Å². The standard InChI is InChI=1S/C26H32N4O6/c1-15-6-9-17(12-22(15)36-2)28-24(33)16-7-10-18(11-8-16)30-21-5-3-4-20(23(21)29-26(30)35)25(34)27-13-19(32)14-31/h3-6,9,12,16,18-19,31-32H,7-8,10-11,13-14H2,1-2H3,(H,27,34)(H,28,33)(H,29,35). The molecule has 36 heavy (non-hydrogen) atoms. The highest BCUT2D eigenvalue weighted by atomic mass is 16.5. The molecule has 2 aromatic carbocycles. The van der Waals surface area contributed by atoms with Gasteiger partial charge in [0.05, 0.1) is 36.4 Å². The number of anilines is 1. The summed E-state index contributed by atoms with van der Waals surface area (Å²) in [6.07, 6.45) is 1.52. The minimum atomic E-state index is -1.06. The van der Waals surface area contributed by atoms with Crippen LogP contribution in [0.3, 0.4) is 0 Å². The maximum atomic E-state index is 12.9. The molecule has 4 rings (SSSR count). The Morgan fingerprint density at radius 1 is 1.19 bits per heavy atom. The van der Waals surface area contributed by atoms with Gasteiger partial charge in [0.15, 0.2) is 0 Å². The summed E-state index contributed by atoms with van der Waals surface area (Å²) in [7, 11) is 1.60. The van der Waals surface area contributed by atoms with E-state index in [9.17, 15) is 19.5 Å². The van der Waals surface area contributed by atoms with Gasteiger partial charge in [-0.2, -0.15) is 0 Å². The molecular weight excluding hydrogens is 464 g/mol. The van der Waals surface area contributed by atoms with E-state index < -0.39 is 18.6 Å². The number of imidazole rings is 1. The van der Waals surface area contributed by atoms with Gasteiger partial charge in [-0.25, -0.2) is 4.79 Å². The van der Waals surface area contributed by atoms with Crippen molar-refractivity contribution in [2.24, 2.45) is 5.92 Å². The fourth-order valence-electron chi connectivity index (χ4n) is 4.81. The summed E-state index contributed by atoms with van der Waals surface area (Å²) < 4.78 is 7.01. The van der Waals surface area contributed by atoms with Gasteiger partial charge in [-0.15, -0.1) is 0 Å². The molecule has 0 saturated heterocycles. The topological polar surface area (TPSA) is 146 Å². The second-order valence-corrected chi connectivity index (χ2v) is 9.23. The van der Waals surface area contributed by atoms with Crippen molar-refractivity contribution in [2.75, 3.05) is 25.6 Å². The average Bonchev–Trinajstić information content (AvgIpc) is 3.23. The average molecular weight is 497 g/mol. The largest absolute Gasteiger partial charge is 0.496 e. The molecule has 0 aliphatic heterocycles. The van der Waals surface area contributed by atoms with Gasteiger partial charge in [0.25, 0.3) is 5.91 Å². The number of aliphatic hydroxyl groups is 2. The van der Waals surface area contributed by atoms with E-state index in [2.05, 4.69) is 15.6 Å². The Balaban J connectivity index is 1.45. The zero-order chi connectivity index (χ0) is 25.8. The monoisotopic (exact) mass is 496 g/mol. The number of H-pyrrole nitrogens is 1. The normalized spacial score (nSPS) is 18.6. The highest BCUT2D eigenvalue weighted by Gasteiger charge is 2.29. The Hall–Kier alpha value is -3.63. The minimum Gasteiger partial charge on any atom is -0.496 e. The number of aromatic amines is 1. The molecule has 1 aliphatic rings. The third-order valence-corrected chi connectivity index (χ3v) is 6.81. The van der Waals surface area contributed by atoms with E-state index in [1.165, 1.54) is 0 Å². The van der Waals surface area contributed by atoms with Gasteiger partial charge in [0.1, 0.15) is 5.75 Å². The number of hydrogen-bond donors (Lipinski definition) is 5. The summed E-state index contributed by atoms with van der Waals surface area (Å²) in [6, 6.07) is 10.6. The lowest BCUT2D eigenvalue weighted by Crippen LogP contribution is -2.34. The van der Waals surface area contributed by atoms with E-state index >= 15 is 0 Å². The van der Waals surface area contributed by atoms with E-state index in [1.54, 1.807) is 29.9 Å². The second kappa shape index (κ2) is 11.0. The number of fused-ring (bicyclic) bond motifs is 1. The second-order valence-electron chi connectivity index (χ2n) is 9.23. The number of methoxy groups -OCH3 is 1. The van der Waals surface area contributed by atoms with Gasteiger partial charge in [-0.05, 0) is 56.4 Å². The van der Waals surface area contributed by atoms with E-state index in [0.717, 1.165) is 5.56 Å². The number of carbonyl (C=O) groups is 2. The number of ether oxygens (including phenoxy) is 1. The van der Waals surface area contributed by atoms with E-state index in [4.69, 9.17) is 9.84 Å². The number of aryl methyl sites for hydroxylation is 1. The van der Waals surface area contributed by atoms with Crippen LogP contribution in [0.1, 0.15) is 47.6 Å². The Labute approximate surface area is 208 Å². The summed E-state index contributed by atoms with van der Waals surface area (Å²) in [4.78, 5) is 41.2. The van der Waals surface area contributed by atoms with Crippen LogP contribution in [0.2, 0.25) is 0 Å².